The number of rotatable bonds is 7. The molecule has 0 bridgehead atoms. The summed E-state index contributed by atoms with van der Waals surface area (Å²) < 4.78 is 25.4. The normalized spacial score (nSPS) is 11.4. The van der Waals surface area contributed by atoms with Crippen molar-refractivity contribution in [2.75, 3.05) is 11.1 Å². The second-order valence-electron chi connectivity index (χ2n) is 6.30. The Morgan fingerprint density at radius 3 is 2.36 bits per heavy atom. The number of hydrogen-bond donors (Lipinski definition) is 1. The van der Waals surface area contributed by atoms with Gasteiger partial charge >= 0.3 is 0 Å². The van der Waals surface area contributed by atoms with Crippen molar-refractivity contribution in [1.29, 1.82) is 0 Å². The molecule has 0 fully saturated rings. The van der Waals surface area contributed by atoms with Crippen molar-refractivity contribution in [1.82, 2.24) is 4.98 Å². The van der Waals surface area contributed by atoms with Crippen LogP contribution in [0.15, 0.2) is 58.4 Å². The van der Waals surface area contributed by atoms with Crippen LogP contribution in [0, 0.1) is 0 Å². The SMILES string of the molecule is CCc1ccc(-c2csc(NC(=O)CS(=O)(=O)Cc3ccc(Br)cc3)n2)cc1. The largest absolute Gasteiger partial charge is 0.301 e. The monoisotopic (exact) mass is 478 g/mol. The number of aromatic nitrogens is 1. The van der Waals surface area contributed by atoms with Crippen LogP contribution >= 0.6 is 27.3 Å². The summed E-state index contributed by atoms with van der Waals surface area (Å²) >= 11 is 4.58. The number of benzene rings is 2. The van der Waals surface area contributed by atoms with E-state index >= 15 is 0 Å². The highest BCUT2D eigenvalue weighted by Crippen LogP contribution is 2.25. The van der Waals surface area contributed by atoms with Gasteiger partial charge in [0.25, 0.3) is 0 Å². The Labute approximate surface area is 176 Å². The number of anilines is 1. The third-order valence-corrected chi connectivity index (χ3v) is 6.82. The van der Waals surface area contributed by atoms with E-state index in [0.717, 1.165) is 22.2 Å². The van der Waals surface area contributed by atoms with Gasteiger partial charge in [0.1, 0.15) is 5.75 Å². The maximum atomic E-state index is 12.3. The first-order valence-corrected chi connectivity index (χ1v) is 12.1. The molecule has 1 N–H and O–H groups in total. The average molecular weight is 479 g/mol. The van der Waals surface area contributed by atoms with Crippen LogP contribution in [0.1, 0.15) is 18.1 Å². The minimum Gasteiger partial charge on any atom is -0.301 e. The number of sulfone groups is 1. The van der Waals surface area contributed by atoms with Crippen LogP contribution in [0.5, 0.6) is 0 Å². The molecule has 1 heterocycles. The highest BCUT2D eigenvalue weighted by molar-refractivity contribution is 9.10. The van der Waals surface area contributed by atoms with Gasteiger partial charge in [-0.15, -0.1) is 11.3 Å². The molecule has 0 radical (unpaired) electrons. The lowest BCUT2D eigenvalue weighted by Crippen LogP contribution is -2.23. The molecule has 1 aromatic heterocycles. The van der Waals surface area contributed by atoms with E-state index in [1.807, 2.05) is 29.6 Å². The summed E-state index contributed by atoms with van der Waals surface area (Å²) in [5.74, 6) is -1.34. The van der Waals surface area contributed by atoms with E-state index in [-0.39, 0.29) is 5.75 Å². The van der Waals surface area contributed by atoms with Crippen LogP contribution in [0.3, 0.4) is 0 Å². The van der Waals surface area contributed by atoms with Gasteiger partial charge in [-0.05, 0) is 29.7 Å². The molecule has 3 rings (SSSR count). The van der Waals surface area contributed by atoms with Gasteiger partial charge in [0.05, 0.1) is 11.4 Å². The summed E-state index contributed by atoms with van der Waals surface area (Å²) in [5.41, 5.74) is 3.59. The van der Waals surface area contributed by atoms with Crippen molar-refractivity contribution in [2.45, 2.75) is 19.1 Å². The number of aryl methyl sites for hydroxylation is 1. The number of hydrogen-bond acceptors (Lipinski definition) is 5. The Hall–Kier alpha value is -2.03. The summed E-state index contributed by atoms with van der Waals surface area (Å²) in [5, 5.41) is 4.82. The van der Waals surface area contributed by atoms with E-state index in [1.165, 1.54) is 16.9 Å². The van der Waals surface area contributed by atoms with Gasteiger partial charge in [-0.2, -0.15) is 0 Å². The quantitative estimate of drug-likeness (QED) is 0.534. The molecule has 0 aliphatic rings. The van der Waals surface area contributed by atoms with Gasteiger partial charge in [0, 0.05) is 15.4 Å². The summed E-state index contributed by atoms with van der Waals surface area (Å²) in [7, 11) is -3.57. The molecule has 0 saturated carbocycles. The molecule has 0 unspecified atom stereocenters. The third-order valence-electron chi connectivity index (χ3n) is 4.06. The van der Waals surface area contributed by atoms with Crippen LogP contribution in [0.25, 0.3) is 11.3 Å². The van der Waals surface area contributed by atoms with E-state index < -0.39 is 21.5 Å². The first kappa shape index (κ1) is 20.7. The molecule has 1 amide bonds. The summed E-state index contributed by atoms with van der Waals surface area (Å²) in [6, 6.07) is 15.0. The van der Waals surface area contributed by atoms with E-state index in [1.54, 1.807) is 24.3 Å². The van der Waals surface area contributed by atoms with Crippen molar-refractivity contribution in [3.8, 4) is 11.3 Å². The molecule has 28 heavy (non-hydrogen) atoms. The van der Waals surface area contributed by atoms with Crippen LogP contribution < -0.4 is 5.32 Å². The molecular formula is C20H19BrN2O3S2. The topological polar surface area (TPSA) is 76.1 Å². The van der Waals surface area contributed by atoms with Crippen LogP contribution in [-0.4, -0.2) is 25.1 Å². The van der Waals surface area contributed by atoms with Crippen LogP contribution in [0.4, 0.5) is 5.13 Å². The number of thiazole rings is 1. The first-order chi connectivity index (χ1) is 13.3. The summed E-state index contributed by atoms with van der Waals surface area (Å²) in [4.78, 5) is 16.6. The number of carbonyl (C=O) groups excluding carboxylic acids is 1. The Bertz CT molecular complexity index is 1060. The van der Waals surface area contributed by atoms with Gasteiger partial charge in [-0.25, -0.2) is 13.4 Å². The number of nitrogens with zero attached hydrogens (tertiary/aromatic N) is 1. The Balaban J connectivity index is 1.61. The fourth-order valence-corrected chi connectivity index (χ4v) is 4.89. The first-order valence-electron chi connectivity index (χ1n) is 8.64. The molecule has 8 heteroatoms. The molecule has 3 aromatic rings. The smallest absolute Gasteiger partial charge is 0.241 e. The zero-order valence-corrected chi connectivity index (χ0v) is 18.4. The van der Waals surface area contributed by atoms with Crippen LogP contribution in [0.2, 0.25) is 0 Å². The standard InChI is InChI=1S/C20H19BrN2O3S2/c1-2-14-3-7-16(8-4-14)18-11-27-20(22-18)23-19(24)13-28(25,26)12-15-5-9-17(21)10-6-15/h3-11H,2,12-13H2,1H3,(H,22,23,24). The second-order valence-corrected chi connectivity index (χ2v) is 10.1. The maximum Gasteiger partial charge on any atom is 0.241 e. The Kier molecular flexibility index (Phi) is 6.64. The Morgan fingerprint density at radius 2 is 1.71 bits per heavy atom. The molecule has 2 aromatic carbocycles. The van der Waals surface area contributed by atoms with E-state index in [9.17, 15) is 13.2 Å². The van der Waals surface area contributed by atoms with Crippen molar-refractivity contribution >= 4 is 48.1 Å². The van der Waals surface area contributed by atoms with Gasteiger partial charge in [-0.3, -0.25) is 4.79 Å². The van der Waals surface area contributed by atoms with E-state index in [4.69, 9.17) is 0 Å². The number of carbonyl (C=O) groups is 1. The second kappa shape index (κ2) is 8.98. The Morgan fingerprint density at radius 1 is 1.07 bits per heavy atom. The molecule has 0 atom stereocenters. The van der Waals surface area contributed by atoms with Gasteiger partial charge in [0.15, 0.2) is 15.0 Å². The minimum atomic E-state index is -3.57. The zero-order valence-electron chi connectivity index (χ0n) is 15.2. The van der Waals surface area contributed by atoms with Crippen LogP contribution in [-0.2, 0) is 26.8 Å². The fourth-order valence-electron chi connectivity index (χ4n) is 2.62. The lowest BCUT2D eigenvalue weighted by molar-refractivity contribution is -0.113. The number of nitrogens with one attached hydrogen (secondary N) is 1. The van der Waals surface area contributed by atoms with Gasteiger partial charge in [-0.1, -0.05) is 59.3 Å². The molecule has 5 nitrogen and oxygen atoms in total. The lowest BCUT2D eigenvalue weighted by Gasteiger charge is -2.05. The predicted molar refractivity (Wildman–Crippen MR) is 117 cm³/mol. The predicted octanol–water partition coefficient (Wildman–Crippen LogP) is 4.69. The van der Waals surface area contributed by atoms with E-state index in [2.05, 4.69) is 33.2 Å². The molecule has 0 aliphatic carbocycles. The van der Waals surface area contributed by atoms with Crippen molar-refractivity contribution < 1.29 is 13.2 Å². The number of halogens is 1. The summed E-state index contributed by atoms with van der Waals surface area (Å²) in [6.45, 7) is 2.09. The minimum absolute atomic E-state index is 0.180. The molecule has 0 saturated heterocycles. The zero-order chi connectivity index (χ0) is 20.1. The fraction of sp³-hybridized carbons (Fsp3) is 0.200. The lowest BCUT2D eigenvalue weighted by atomic mass is 10.1. The summed E-state index contributed by atoms with van der Waals surface area (Å²) in [6.07, 6.45) is 0.966. The maximum absolute atomic E-state index is 12.3. The molecular weight excluding hydrogens is 460 g/mol. The van der Waals surface area contributed by atoms with Gasteiger partial charge in [0.2, 0.25) is 5.91 Å². The van der Waals surface area contributed by atoms with Gasteiger partial charge < -0.3 is 5.32 Å². The van der Waals surface area contributed by atoms with Crippen molar-refractivity contribution in [3.63, 3.8) is 0 Å². The molecule has 0 spiro atoms. The molecule has 146 valence electrons. The number of amides is 1. The molecule has 0 aliphatic heterocycles. The van der Waals surface area contributed by atoms with E-state index in [0.29, 0.717) is 10.7 Å². The highest BCUT2D eigenvalue weighted by atomic mass is 79.9. The third kappa shape index (κ3) is 5.73. The van der Waals surface area contributed by atoms with Crippen molar-refractivity contribution in [2.24, 2.45) is 0 Å². The van der Waals surface area contributed by atoms with Crippen molar-refractivity contribution in [3.05, 3.63) is 69.5 Å². The average Bonchev–Trinajstić information content (AvgIpc) is 3.11. The highest BCUT2D eigenvalue weighted by Gasteiger charge is 2.18.